The Balaban J connectivity index is 2.09. The molecule has 1 saturated heterocycles. The Hall–Kier alpha value is -2.28. The highest BCUT2D eigenvalue weighted by atomic mass is 16.5. The van der Waals surface area contributed by atoms with Crippen molar-refractivity contribution in [2.45, 2.75) is 53.2 Å². The maximum absolute atomic E-state index is 12.0. The first-order valence-corrected chi connectivity index (χ1v) is 11.3. The van der Waals surface area contributed by atoms with Gasteiger partial charge in [0.25, 0.3) is 0 Å². The van der Waals surface area contributed by atoms with Crippen LogP contribution < -0.4 is 15.4 Å². The van der Waals surface area contributed by atoms with Gasteiger partial charge in [0.15, 0.2) is 5.96 Å². The summed E-state index contributed by atoms with van der Waals surface area (Å²) in [5.74, 6) is 2.55. The van der Waals surface area contributed by atoms with Gasteiger partial charge in [-0.2, -0.15) is 0 Å². The van der Waals surface area contributed by atoms with Gasteiger partial charge >= 0.3 is 0 Å². The predicted octanol–water partition coefficient (Wildman–Crippen LogP) is 2.97. The van der Waals surface area contributed by atoms with Gasteiger partial charge in [0.1, 0.15) is 5.75 Å². The van der Waals surface area contributed by atoms with Crippen LogP contribution in [-0.2, 0) is 16.1 Å². The average Bonchev–Trinajstić information content (AvgIpc) is 3.21. The van der Waals surface area contributed by atoms with Crippen molar-refractivity contribution in [2.24, 2.45) is 16.8 Å². The minimum atomic E-state index is 0.000526. The normalized spacial score (nSPS) is 17.5. The molecule has 2 N–H and O–H groups in total. The quantitative estimate of drug-likeness (QED) is 0.439. The van der Waals surface area contributed by atoms with Crippen molar-refractivity contribution in [3.63, 3.8) is 0 Å². The van der Waals surface area contributed by atoms with Crippen LogP contribution in [0.5, 0.6) is 5.75 Å². The SMILES string of the molecule is Cc1ccc(CN=C(NCC(=O)N(C)C)NCC2CCOC2)c(OC(C)CC(C)C)c1. The van der Waals surface area contributed by atoms with Crippen LogP contribution in [0.2, 0.25) is 0 Å². The van der Waals surface area contributed by atoms with Gasteiger partial charge in [-0.3, -0.25) is 4.79 Å². The third kappa shape index (κ3) is 9.17. The molecule has 0 saturated carbocycles. The number of hydrogen-bond donors (Lipinski definition) is 2. The van der Waals surface area contributed by atoms with Gasteiger partial charge in [-0.25, -0.2) is 4.99 Å². The van der Waals surface area contributed by atoms with Crippen molar-refractivity contribution in [1.82, 2.24) is 15.5 Å². The first kappa shape index (κ1) is 25.0. The molecule has 2 rings (SSSR count). The molecule has 1 heterocycles. The molecule has 0 aromatic heterocycles. The van der Waals surface area contributed by atoms with E-state index in [0.717, 1.165) is 49.5 Å². The lowest BCUT2D eigenvalue weighted by Crippen LogP contribution is -2.44. The monoisotopic (exact) mass is 432 g/mol. The number of ether oxygens (including phenoxy) is 2. The number of guanidine groups is 1. The van der Waals surface area contributed by atoms with Crippen LogP contribution in [0.25, 0.3) is 0 Å². The van der Waals surface area contributed by atoms with Gasteiger partial charge in [-0.05, 0) is 44.2 Å². The minimum Gasteiger partial charge on any atom is -0.490 e. The fraction of sp³-hybridized carbons (Fsp3) is 0.667. The maximum atomic E-state index is 12.0. The lowest BCUT2D eigenvalue weighted by Gasteiger charge is -2.20. The van der Waals surface area contributed by atoms with Gasteiger partial charge in [-0.15, -0.1) is 0 Å². The summed E-state index contributed by atoms with van der Waals surface area (Å²) in [6.07, 6.45) is 2.18. The van der Waals surface area contributed by atoms with E-state index in [-0.39, 0.29) is 18.6 Å². The van der Waals surface area contributed by atoms with E-state index in [0.29, 0.717) is 24.3 Å². The number of likely N-dealkylation sites (N-methyl/N-ethyl adjacent to an activating group) is 1. The smallest absolute Gasteiger partial charge is 0.241 e. The summed E-state index contributed by atoms with van der Waals surface area (Å²) in [6, 6.07) is 6.23. The molecule has 1 aromatic carbocycles. The van der Waals surface area contributed by atoms with E-state index < -0.39 is 0 Å². The third-order valence-electron chi connectivity index (χ3n) is 5.25. The van der Waals surface area contributed by atoms with Gasteiger partial charge in [0.05, 0.1) is 25.8 Å². The highest BCUT2D eigenvalue weighted by Crippen LogP contribution is 2.24. The molecular formula is C24H40N4O3. The van der Waals surface area contributed by atoms with Crippen LogP contribution in [0, 0.1) is 18.8 Å². The summed E-state index contributed by atoms with van der Waals surface area (Å²) in [5, 5.41) is 6.53. The molecule has 2 unspecified atom stereocenters. The molecule has 31 heavy (non-hydrogen) atoms. The van der Waals surface area contributed by atoms with Crippen molar-refractivity contribution < 1.29 is 14.3 Å². The standard InChI is InChI=1S/C24H40N4O3/c1-17(2)11-19(4)31-22-12-18(3)7-8-21(22)14-26-24(27-15-23(29)28(5)6)25-13-20-9-10-30-16-20/h7-8,12,17,19-20H,9-11,13-16H2,1-6H3,(H2,25,26,27). The highest BCUT2D eigenvalue weighted by Gasteiger charge is 2.16. The van der Waals surface area contributed by atoms with Gasteiger partial charge in [0.2, 0.25) is 5.91 Å². The molecule has 1 amide bonds. The predicted molar refractivity (Wildman–Crippen MR) is 125 cm³/mol. The van der Waals surface area contributed by atoms with Gasteiger partial charge < -0.3 is 25.0 Å². The van der Waals surface area contributed by atoms with Crippen LogP contribution in [0.1, 0.15) is 44.7 Å². The molecule has 1 aliphatic rings. The Bertz CT molecular complexity index is 728. The molecule has 0 radical (unpaired) electrons. The molecule has 7 nitrogen and oxygen atoms in total. The number of aryl methyl sites for hydroxylation is 1. The summed E-state index contributed by atoms with van der Waals surface area (Å²) >= 11 is 0. The summed E-state index contributed by atoms with van der Waals surface area (Å²) in [5.41, 5.74) is 2.19. The second-order valence-corrected chi connectivity index (χ2v) is 9.09. The number of hydrogen-bond acceptors (Lipinski definition) is 4. The Labute approximate surface area is 187 Å². The molecule has 1 aliphatic heterocycles. The Kier molecular flexibility index (Phi) is 10.1. The first-order valence-electron chi connectivity index (χ1n) is 11.3. The lowest BCUT2D eigenvalue weighted by molar-refractivity contribution is -0.127. The highest BCUT2D eigenvalue weighted by molar-refractivity contribution is 5.86. The molecule has 0 bridgehead atoms. The van der Waals surface area contributed by atoms with E-state index in [2.05, 4.69) is 56.5 Å². The fourth-order valence-electron chi connectivity index (χ4n) is 3.47. The second kappa shape index (κ2) is 12.5. The van der Waals surface area contributed by atoms with Crippen LogP contribution >= 0.6 is 0 Å². The number of carbonyl (C=O) groups is 1. The summed E-state index contributed by atoms with van der Waals surface area (Å²) in [7, 11) is 3.50. The zero-order valence-electron chi connectivity index (χ0n) is 20.0. The van der Waals surface area contributed by atoms with E-state index in [1.54, 1.807) is 19.0 Å². The zero-order chi connectivity index (χ0) is 22.8. The number of carbonyl (C=O) groups excluding carboxylic acids is 1. The number of nitrogens with one attached hydrogen (secondary N) is 2. The second-order valence-electron chi connectivity index (χ2n) is 9.09. The van der Waals surface area contributed by atoms with E-state index in [1.165, 1.54) is 0 Å². The molecule has 174 valence electrons. The van der Waals surface area contributed by atoms with Crippen LogP contribution in [0.15, 0.2) is 23.2 Å². The van der Waals surface area contributed by atoms with Crippen molar-refractivity contribution in [1.29, 1.82) is 0 Å². The lowest BCUT2D eigenvalue weighted by atomic mass is 10.1. The Morgan fingerprint density at radius 1 is 1.29 bits per heavy atom. The minimum absolute atomic E-state index is 0.000526. The van der Waals surface area contributed by atoms with Crippen molar-refractivity contribution in [3.8, 4) is 5.75 Å². The molecule has 1 fully saturated rings. The maximum Gasteiger partial charge on any atom is 0.241 e. The Morgan fingerprint density at radius 3 is 2.71 bits per heavy atom. The molecule has 2 atom stereocenters. The fourth-order valence-corrected chi connectivity index (χ4v) is 3.47. The first-order chi connectivity index (χ1) is 14.7. The van der Waals surface area contributed by atoms with Crippen molar-refractivity contribution in [2.75, 3.05) is 40.4 Å². The van der Waals surface area contributed by atoms with Gasteiger partial charge in [0, 0.05) is 38.7 Å². The topological polar surface area (TPSA) is 75.2 Å². The zero-order valence-corrected chi connectivity index (χ0v) is 20.0. The molecule has 7 heteroatoms. The van der Waals surface area contributed by atoms with E-state index >= 15 is 0 Å². The van der Waals surface area contributed by atoms with E-state index in [4.69, 9.17) is 14.5 Å². The number of rotatable bonds is 10. The number of aliphatic imine (C=N–C) groups is 1. The van der Waals surface area contributed by atoms with Crippen molar-refractivity contribution >= 4 is 11.9 Å². The largest absolute Gasteiger partial charge is 0.490 e. The molecule has 1 aromatic rings. The van der Waals surface area contributed by atoms with Crippen LogP contribution in [0.3, 0.4) is 0 Å². The number of nitrogens with zero attached hydrogens (tertiary/aromatic N) is 2. The van der Waals surface area contributed by atoms with Crippen LogP contribution in [-0.4, -0.2) is 63.3 Å². The summed E-state index contributed by atoms with van der Waals surface area (Å²) in [4.78, 5) is 18.3. The van der Waals surface area contributed by atoms with Crippen molar-refractivity contribution in [3.05, 3.63) is 29.3 Å². The summed E-state index contributed by atoms with van der Waals surface area (Å²) in [6.45, 7) is 11.6. The number of benzene rings is 1. The Morgan fingerprint density at radius 2 is 2.06 bits per heavy atom. The average molecular weight is 433 g/mol. The molecule has 0 aliphatic carbocycles. The molecular weight excluding hydrogens is 392 g/mol. The van der Waals surface area contributed by atoms with Crippen LogP contribution in [0.4, 0.5) is 0 Å². The number of amides is 1. The van der Waals surface area contributed by atoms with Gasteiger partial charge in [-0.1, -0.05) is 26.0 Å². The third-order valence-corrected chi connectivity index (χ3v) is 5.25. The summed E-state index contributed by atoms with van der Waals surface area (Å²) < 4.78 is 11.7. The van der Waals surface area contributed by atoms with E-state index in [1.807, 2.05) is 0 Å². The molecule has 0 spiro atoms. The van der Waals surface area contributed by atoms with E-state index in [9.17, 15) is 4.79 Å².